The van der Waals surface area contributed by atoms with Crippen molar-refractivity contribution in [1.82, 2.24) is 15.1 Å². The van der Waals surface area contributed by atoms with Gasteiger partial charge in [-0.05, 0) is 60.7 Å². The van der Waals surface area contributed by atoms with Gasteiger partial charge in [0.1, 0.15) is 6.04 Å². The molecule has 1 N–H and O–H groups in total. The van der Waals surface area contributed by atoms with Crippen molar-refractivity contribution in [2.45, 2.75) is 25.9 Å². The summed E-state index contributed by atoms with van der Waals surface area (Å²) in [6.07, 6.45) is 2.62. The van der Waals surface area contributed by atoms with Gasteiger partial charge < -0.3 is 10.2 Å². The Morgan fingerprint density at radius 3 is 2.39 bits per heavy atom. The highest BCUT2D eigenvalue weighted by Crippen LogP contribution is 2.15. The first-order valence-corrected chi connectivity index (χ1v) is 12.4. The Morgan fingerprint density at radius 1 is 1.06 bits per heavy atom. The predicted octanol–water partition coefficient (Wildman–Crippen LogP) is 3.84. The lowest BCUT2D eigenvalue weighted by Gasteiger charge is -2.36. The minimum Gasteiger partial charge on any atom is -0.340 e. The number of hydrogen-bond acceptors (Lipinski definition) is 4. The van der Waals surface area contributed by atoms with Gasteiger partial charge in [-0.2, -0.15) is 11.8 Å². The van der Waals surface area contributed by atoms with Gasteiger partial charge in [0.05, 0.1) is 0 Å². The average molecular weight is 460 g/mol. The topological polar surface area (TPSA) is 52.7 Å². The number of halogens is 1. The molecule has 1 aliphatic heterocycles. The molecule has 0 bridgehead atoms. The molecule has 7 heteroatoms. The maximum Gasteiger partial charge on any atom is 0.251 e. The van der Waals surface area contributed by atoms with Crippen molar-refractivity contribution >= 4 is 35.2 Å². The van der Waals surface area contributed by atoms with Crippen LogP contribution >= 0.6 is 23.4 Å². The second-order valence-corrected chi connectivity index (χ2v) is 9.26. The van der Waals surface area contributed by atoms with Crippen LogP contribution in [0.1, 0.15) is 27.9 Å². The molecule has 0 radical (unpaired) electrons. The highest BCUT2D eigenvalue weighted by atomic mass is 35.5. The molecule has 0 saturated carbocycles. The maximum absolute atomic E-state index is 13.2. The number of thioether (sulfide) groups is 1. The molecule has 1 fully saturated rings. The second-order valence-electron chi connectivity index (χ2n) is 7.84. The molecular weight excluding hydrogens is 430 g/mol. The largest absolute Gasteiger partial charge is 0.340 e. The van der Waals surface area contributed by atoms with Crippen LogP contribution in [0, 0.1) is 6.92 Å². The van der Waals surface area contributed by atoms with E-state index in [0.29, 0.717) is 30.1 Å². The van der Waals surface area contributed by atoms with E-state index in [1.54, 1.807) is 36.0 Å². The standard InChI is InChI=1S/C24H30ClN3O2S/c1-18-5-3-4-6-20(18)17-27-12-14-28(15-13-27)24(30)22(11-16-31-2)26-23(29)19-7-9-21(25)10-8-19/h3-10,22H,11-17H2,1-2H3,(H,26,29). The van der Waals surface area contributed by atoms with Crippen LogP contribution in [0.2, 0.25) is 5.02 Å². The lowest BCUT2D eigenvalue weighted by molar-refractivity contribution is -0.135. The van der Waals surface area contributed by atoms with Crippen molar-refractivity contribution in [1.29, 1.82) is 0 Å². The number of amides is 2. The molecule has 166 valence electrons. The van der Waals surface area contributed by atoms with E-state index in [4.69, 9.17) is 11.6 Å². The van der Waals surface area contributed by atoms with Crippen molar-refractivity contribution in [3.63, 3.8) is 0 Å². The number of aryl methyl sites for hydroxylation is 1. The van der Waals surface area contributed by atoms with E-state index < -0.39 is 6.04 Å². The van der Waals surface area contributed by atoms with Crippen LogP contribution in [0.4, 0.5) is 0 Å². The minimum absolute atomic E-state index is 0.00639. The van der Waals surface area contributed by atoms with E-state index in [1.165, 1.54) is 11.1 Å². The first kappa shape index (κ1) is 23.6. The van der Waals surface area contributed by atoms with E-state index >= 15 is 0 Å². The van der Waals surface area contributed by atoms with Gasteiger partial charge in [-0.25, -0.2) is 0 Å². The van der Waals surface area contributed by atoms with E-state index in [9.17, 15) is 9.59 Å². The van der Waals surface area contributed by atoms with Gasteiger partial charge in [0, 0.05) is 43.3 Å². The molecule has 1 heterocycles. The van der Waals surface area contributed by atoms with Gasteiger partial charge in [-0.3, -0.25) is 14.5 Å². The Hall–Kier alpha value is -2.02. The molecule has 0 aliphatic carbocycles. The molecule has 1 aliphatic rings. The van der Waals surface area contributed by atoms with Gasteiger partial charge >= 0.3 is 0 Å². The number of nitrogens with one attached hydrogen (secondary N) is 1. The lowest BCUT2D eigenvalue weighted by atomic mass is 10.1. The molecule has 2 amide bonds. The quantitative estimate of drug-likeness (QED) is 0.651. The minimum atomic E-state index is -0.515. The summed E-state index contributed by atoms with van der Waals surface area (Å²) < 4.78 is 0. The summed E-state index contributed by atoms with van der Waals surface area (Å²) in [5.74, 6) is 0.575. The van der Waals surface area contributed by atoms with E-state index in [0.717, 1.165) is 25.4 Å². The number of benzene rings is 2. The molecule has 2 aromatic carbocycles. The van der Waals surface area contributed by atoms with E-state index in [1.807, 2.05) is 11.2 Å². The fourth-order valence-electron chi connectivity index (χ4n) is 3.71. The molecule has 5 nitrogen and oxygen atoms in total. The zero-order chi connectivity index (χ0) is 22.2. The van der Waals surface area contributed by atoms with Crippen LogP contribution in [0.5, 0.6) is 0 Å². The zero-order valence-corrected chi connectivity index (χ0v) is 19.7. The van der Waals surface area contributed by atoms with Crippen molar-refractivity contribution < 1.29 is 9.59 Å². The highest BCUT2D eigenvalue weighted by Gasteiger charge is 2.28. The molecule has 3 rings (SSSR count). The van der Waals surface area contributed by atoms with Crippen LogP contribution < -0.4 is 5.32 Å². The Balaban J connectivity index is 1.58. The van der Waals surface area contributed by atoms with Gasteiger partial charge in [0.15, 0.2) is 0 Å². The van der Waals surface area contributed by atoms with Gasteiger partial charge in [0.2, 0.25) is 5.91 Å². The van der Waals surface area contributed by atoms with Crippen LogP contribution in [0.15, 0.2) is 48.5 Å². The van der Waals surface area contributed by atoms with Crippen LogP contribution in [-0.4, -0.2) is 65.8 Å². The lowest BCUT2D eigenvalue weighted by Crippen LogP contribution is -2.55. The summed E-state index contributed by atoms with van der Waals surface area (Å²) in [4.78, 5) is 30.1. The smallest absolute Gasteiger partial charge is 0.251 e. The van der Waals surface area contributed by atoms with Crippen molar-refractivity contribution in [3.05, 3.63) is 70.2 Å². The summed E-state index contributed by atoms with van der Waals surface area (Å²) in [6, 6.07) is 14.6. The summed E-state index contributed by atoms with van der Waals surface area (Å²) in [5.41, 5.74) is 3.13. The fraction of sp³-hybridized carbons (Fsp3) is 0.417. The van der Waals surface area contributed by atoms with Gasteiger partial charge in [-0.15, -0.1) is 0 Å². The predicted molar refractivity (Wildman–Crippen MR) is 129 cm³/mol. The number of rotatable bonds is 8. The third kappa shape index (κ3) is 6.73. The van der Waals surface area contributed by atoms with Crippen LogP contribution in [0.3, 0.4) is 0 Å². The summed E-state index contributed by atoms with van der Waals surface area (Å²) in [5, 5.41) is 3.52. The molecule has 0 aromatic heterocycles. The Morgan fingerprint density at radius 2 is 1.74 bits per heavy atom. The monoisotopic (exact) mass is 459 g/mol. The summed E-state index contributed by atoms with van der Waals surface area (Å²) in [7, 11) is 0. The fourth-order valence-corrected chi connectivity index (χ4v) is 4.31. The molecule has 0 spiro atoms. The number of carbonyl (C=O) groups is 2. The maximum atomic E-state index is 13.2. The molecule has 1 atom stereocenters. The molecular formula is C24H30ClN3O2S. The Kier molecular flexibility index (Phi) is 8.81. The normalized spacial score (nSPS) is 15.5. The molecule has 1 saturated heterocycles. The van der Waals surface area contributed by atoms with Gasteiger partial charge in [-0.1, -0.05) is 35.9 Å². The van der Waals surface area contributed by atoms with Crippen molar-refractivity contribution in [3.8, 4) is 0 Å². The third-order valence-corrected chi connectivity index (χ3v) is 6.56. The van der Waals surface area contributed by atoms with Crippen LogP contribution in [0.25, 0.3) is 0 Å². The van der Waals surface area contributed by atoms with Gasteiger partial charge in [0.25, 0.3) is 5.91 Å². The molecule has 1 unspecified atom stereocenters. The first-order chi connectivity index (χ1) is 15.0. The van der Waals surface area contributed by atoms with Crippen molar-refractivity contribution in [2.75, 3.05) is 38.2 Å². The zero-order valence-electron chi connectivity index (χ0n) is 18.1. The number of carbonyl (C=O) groups excluding carboxylic acids is 2. The third-order valence-electron chi connectivity index (χ3n) is 5.66. The second kappa shape index (κ2) is 11.6. The van der Waals surface area contributed by atoms with Crippen molar-refractivity contribution in [2.24, 2.45) is 0 Å². The average Bonchev–Trinajstić information content (AvgIpc) is 2.78. The molecule has 2 aromatic rings. The number of nitrogens with zero attached hydrogens (tertiary/aromatic N) is 2. The summed E-state index contributed by atoms with van der Waals surface area (Å²) in [6.45, 7) is 6.06. The highest BCUT2D eigenvalue weighted by molar-refractivity contribution is 7.98. The summed E-state index contributed by atoms with van der Waals surface area (Å²) >= 11 is 7.59. The molecule has 31 heavy (non-hydrogen) atoms. The first-order valence-electron chi connectivity index (χ1n) is 10.6. The SMILES string of the molecule is CSCCC(NC(=O)c1ccc(Cl)cc1)C(=O)N1CCN(Cc2ccccc2C)CC1. The Bertz CT molecular complexity index is 883. The number of hydrogen-bond donors (Lipinski definition) is 1. The number of piperazine rings is 1. The van der Waals surface area contributed by atoms with E-state index in [2.05, 4.69) is 41.4 Å². The van der Waals surface area contributed by atoms with Crippen LogP contribution in [-0.2, 0) is 11.3 Å². The Labute approximate surface area is 194 Å². The van der Waals surface area contributed by atoms with E-state index in [-0.39, 0.29) is 11.8 Å².